The molecule has 0 N–H and O–H groups in total. The van der Waals surface area contributed by atoms with E-state index in [0.717, 1.165) is 0 Å². The maximum absolute atomic E-state index is 9.67. The molecule has 2 unspecified atom stereocenters. The largest absolute Gasteiger partial charge is 2.00 e. The van der Waals surface area contributed by atoms with Crippen LogP contribution in [0.5, 0.6) is 0 Å². The first-order chi connectivity index (χ1) is 4.54. The Morgan fingerprint density at radius 2 is 1.00 bits per heavy atom. The van der Waals surface area contributed by atoms with Gasteiger partial charge in [-0.1, -0.05) is 13.8 Å². The van der Waals surface area contributed by atoms with Crippen LogP contribution < -0.4 is 10.2 Å². The number of methoxy groups -OCH3 is 2. The van der Waals surface area contributed by atoms with Crippen LogP contribution in [-0.2, 0) is 9.47 Å². The van der Waals surface area contributed by atoms with E-state index in [1.165, 1.54) is 28.1 Å². The molecule has 64 valence electrons. The van der Waals surface area contributed by atoms with Crippen LogP contribution in [0.1, 0.15) is 13.8 Å². The van der Waals surface area contributed by atoms with Gasteiger partial charge in [-0.3, -0.25) is 0 Å². The molecular weight excluding hydrogens is 145 g/mol. The van der Waals surface area contributed by atoms with E-state index < -0.39 is 12.6 Å². The molecule has 0 aliphatic rings. The topological polar surface area (TPSA) is 64.6 Å². The zero-order chi connectivity index (χ0) is 8.57. The van der Waals surface area contributed by atoms with Crippen LogP contribution in [0.2, 0.25) is 0 Å². The molecule has 0 aromatic carbocycles. The van der Waals surface area contributed by atoms with E-state index in [1.54, 1.807) is 0 Å². The van der Waals surface area contributed by atoms with Gasteiger partial charge in [-0.15, -0.1) is 0 Å². The summed E-state index contributed by atoms with van der Waals surface area (Å²) >= 11 is 0. The van der Waals surface area contributed by atoms with Gasteiger partial charge in [0.05, 0.1) is 0 Å². The van der Waals surface area contributed by atoms with Crippen molar-refractivity contribution in [1.82, 2.24) is 0 Å². The molecule has 0 rings (SSSR count). The number of rotatable bonds is 2. The van der Waals surface area contributed by atoms with E-state index in [0.29, 0.717) is 0 Å². The first kappa shape index (κ1) is 17.2. The second kappa shape index (κ2) is 12.7. The fraction of sp³-hybridized carbons (Fsp3) is 1.00. The number of ether oxygens (including phenoxy) is 2. The van der Waals surface area contributed by atoms with Gasteiger partial charge in [-0.2, -0.15) is 0 Å². The monoisotopic (exact) mass is 159 g/mol. The summed E-state index contributed by atoms with van der Waals surface area (Å²) in [5.41, 5.74) is 0. The molecule has 2 atom stereocenters. The van der Waals surface area contributed by atoms with Crippen molar-refractivity contribution < 1.29 is 19.7 Å². The molecule has 0 aliphatic carbocycles. The van der Waals surface area contributed by atoms with Crippen molar-refractivity contribution >= 4 is 10.1 Å². The van der Waals surface area contributed by atoms with Gasteiger partial charge >= 0.3 is 10.1 Å². The van der Waals surface area contributed by atoms with Crippen LogP contribution in [0, 0.1) is 0 Å². The van der Waals surface area contributed by atoms with E-state index in [-0.39, 0.29) is 10.1 Å². The summed E-state index contributed by atoms with van der Waals surface area (Å²) in [7, 11) is 2.77. The molecule has 0 radical (unpaired) electrons. The van der Waals surface area contributed by atoms with Crippen LogP contribution in [-0.4, -0.2) is 36.9 Å². The van der Waals surface area contributed by atoms with Gasteiger partial charge in [0.15, 0.2) is 0 Å². The van der Waals surface area contributed by atoms with Crippen molar-refractivity contribution in [2.24, 2.45) is 0 Å². The van der Waals surface area contributed by atoms with Crippen molar-refractivity contribution in [3.05, 3.63) is 0 Å². The second-order valence-corrected chi connectivity index (χ2v) is 1.61. The Bertz CT molecular complexity index is 50.5. The van der Waals surface area contributed by atoms with Gasteiger partial charge in [0.25, 0.3) is 0 Å². The van der Waals surface area contributed by atoms with Crippen LogP contribution in [0.3, 0.4) is 0 Å². The normalized spacial score (nSPS) is 13.6. The molecule has 0 spiro atoms. The first-order valence-electron chi connectivity index (χ1n) is 2.91. The summed E-state index contributed by atoms with van der Waals surface area (Å²) in [6.45, 7) is 2.89. The van der Waals surface area contributed by atoms with Gasteiger partial charge in [0.1, 0.15) is 0 Å². The first-order valence-corrected chi connectivity index (χ1v) is 2.91. The minimum Gasteiger partial charge on any atom is -0.831 e. The Morgan fingerprint density at radius 3 is 1.00 bits per heavy atom. The number of hydrogen-bond acceptors (Lipinski definition) is 4. The Labute approximate surface area is 71.3 Å². The molecule has 0 aromatic heterocycles. The zero-order valence-corrected chi connectivity index (χ0v) is 7.49. The molecule has 0 aromatic rings. The Kier molecular flexibility index (Phi) is 19.8. The summed E-state index contributed by atoms with van der Waals surface area (Å²) < 4.78 is 8.39. The standard InChI is InChI=1S/2C3H7O2.Be/c2*1-3(4)5-2;/h2*3H,1-2H3;/q2*-1;+2. The molecule has 0 fully saturated rings. The molecule has 0 saturated heterocycles. The van der Waals surface area contributed by atoms with Crippen molar-refractivity contribution in [3.63, 3.8) is 0 Å². The third-order valence-electron chi connectivity index (χ3n) is 0.664. The summed E-state index contributed by atoms with van der Waals surface area (Å²) in [4.78, 5) is 0. The van der Waals surface area contributed by atoms with Crippen LogP contribution in [0.25, 0.3) is 0 Å². The van der Waals surface area contributed by atoms with Gasteiger partial charge < -0.3 is 19.7 Å². The average molecular weight is 159 g/mol. The molecule has 5 heteroatoms. The van der Waals surface area contributed by atoms with E-state index >= 15 is 0 Å². The quantitative estimate of drug-likeness (QED) is 0.356. The summed E-state index contributed by atoms with van der Waals surface area (Å²) in [5.74, 6) is 0. The summed E-state index contributed by atoms with van der Waals surface area (Å²) in [6, 6.07) is 0. The van der Waals surface area contributed by atoms with E-state index in [9.17, 15) is 10.2 Å². The second-order valence-electron chi connectivity index (χ2n) is 1.61. The molecule has 0 saturated carbocycles. The molecule has 0 bridgehead atoms. The van der Waals surface area contributed by atoms with Gasteiger partial charge in [0.2, 0.25) is 0 Å². The maximum Gasteiger partial charge on any atom is 2.00 e. The zero-order valence-electron chi connectivity index (χ0n) is 7.49. The van der Waals surface area contributed by atoms with Crippen LogP contribution in [0.4, 0.5) is 0 Å². The molecule has 4 nitrogen and oxygen atoms in total. The Morgan fingerprint density at radius 1 is 0.909 bits per heavy atom. The van der Waals surface area contributed by atoms with Crippen LogP contribution >= 0.6 is 0 Å². The Balaban J connectivity index is -0.000000107. The van der Waals surface area contributed by atoms with Crippen molar-refractivity contribution in [3.8, 4) is 0 Å². The molecule has 0 aliphatic heterocycles. The third-order valence-corrected chi connectivity index (χ3v) is 0.664. The SMILES string of the molecule is COC(C)[O-].COC(C)[O-].[Be+2]. The minimum absolute atomic E-state index is 0. The van der Waals surface area contributed by atoms with E-state index in [2.05, 4.69) is 9.47 Å². The van der Waals surface area contributed by atoms with Gasteiger partial charge in [-0.05, 0) is 12.6 Å². The summed E-state index contributed by atoms with van der Waals surface area (Å²) in [5, 5.41) is 19.3. The summed E-state index contributed by atoms with van der Waals surface area (Å²) in [6.07, 6.45) is -1.73. The fourth-order valence-electron chi connectivity index (χ4n) is 0. The fourth-order valence-corrected chi connectivity index (χ4v) is 0. The molecule has 11 heavy (non-hydrogen) atoms. The smallest absolute Gasteiger partial charge is 0.831 e. The third kappa shape index (κ3) is 39.9. The van der Waals surface area contributed by atoms with Crippen molar-refractivity contribution in [2.75, 3.05) is 14.2 Å². The van der Waals surface area contributed by atoms with Gasteiger partial charge in [-0.25, -0.2) is 0 Å². The molecule has 0 heterocycles. The van der Waals surface area contributed by atoms with E-state index in [4.69, 9.17) is 0 Å². The molecule has 0 amide bonds. The number of hydrogen-bond donors (Lipinski definition) is 0. The molecular formula is C6H14BeO4. The van der Waals surface area contributed by atoms with Crippen molar-refractivity contribution in [1.29, 1.82) is 0 Å². The van der Waals surface area contributed by atoms with E-state index in [1.807, 2.05) is 0 Å². The van der Waals surface area contributed by atoms with Gasteiger partial charge in [0, 0.05) is 14.2 Å². The predicted molar refractivity (Wildman–Crippen MR) is 38.7 cm³/mol. The maximum atomic E-state index is 9.67. The predicted octanol–water partition coefficient (Wildman–Crippen LogP) is -1.70. The average Bonchev–Trinajstić information content (AvgIpc) is 1.89. The van der Waals surface area contributed by atoms with Crippen LogP contribution in [0.15, 0.2) is 0 Å². The Hall–Kier alpha value is 0.00883. The van der Waals surface area contributed by atoms with Crippen molar-refractivity contribution in [2.45, 2.75) is 26.4 Å². The minimum atomic E-state index is -0.866.